The number of hydrogen-bond donors (Lipinski definition) is 3. The van der Waals surface area contributed by atoms with E-state index in [1.54, 1.807) is 41.3 Å². The number of halogens is 4. The number of benzene rings is 2. The standard InChI is InChI=1S/C26H20F4N8O/c27-20-8-5-17(26(28,29)30)10-21(20)38(25(32)39)19-6-3-15(4-7-19)22-16(11-34-18-2-1-9-33-12-18)13-37-23(22)24(31)35-14-36-37/h1-10,12-14,34H,11H2,(H2,32,39)(H2,31,35,36). The highest BCUT2D eigenvalue weighted by atomic mass is 19.4. The molecule has 5 rings (SSSR count). The first-order chi connectivity index (χ1) is 18.6. The Morgan fingerprint density at radius 2 is 1.87 bits per heavy atom. The smallest absolute Gasteiger partial charge is 0.382 e. The van der Waals surface area contributed by atoms with Gasteiger partial charge in [0.1, 0.15) is 17.7 Å². The third kappa shape index (κ3) is 5.01. The van der Waals surface area contributed by atoms with Crippen molar-refractivity contribution in [2.45, 2.75) is 12.7 Å². The van der Waals surface area contributed by atoms with Crippen LogP contribution < -0.4 is 21.7 Å². The van der Waals surface area contributed by atoms with Gasteiger partial charge in [-0.2, -0.15) is 18.3 Å². The van der Waals surface area contributed by atoms with Gasteiger partial charge >= 0.3 is 12.2 Å². The molecule has 0 atom stereocenters. The fourth-order valence-electron chi connectivity index (χ4n) is 4.23. The number of pyridine rings is 1. The summed E-state index contributed by atoms with van der Waals surface area (Å²) < 4.78 is 56.0. The fraction of sp³-hybridized carbons (Fsp3) is 0.0769. The first-order valence-electron chi connectivity index (χ1n) is 11.4. The van der Waals surface area contributed by atoms with E-state index in [1.807, 2.05) is 6.07 Å². The van der Waals surface area contributed by atoms with E-state index in [2.05, 4.69) is 20.4 Å². The number of primary amides is 1. The second-order valence-corrected chi connectivity index (χ2v) is 8.45. The van der Waals surface area contributed by atoms with Gasteiger partial charge in [0.25, 0.3) is 0 Å². The van der Waals surface area contributed by atoms with E-state index >= 15 is 0 Å². The van der Waals surface area contributed by atoms with Gasteiger partial charge in [-0.25, -0.2) is 18.7 Å². The van der Waals surface area contributed by atoms with Gasteiger partial charge in [0.05, 0.1) is 22.6 Å². The largest absolute Gasteiger partial charge is 0.416 e. The normalized spacial score (nSPS) is 11.5. The molecule has 0 bridgehead atoms. The van der Waals surface area contributed by atoms with E-state index in [0.29, 0.717) is 46.3 Å². The summed E-state index contributed by atoms with van der Waals surface area (Å²) in [4.78, 5) is 21.1. The second-order valence-electron chi connectivity index (χ2n) is 8.45. The van der Waals surface area contributed by atoms with Crippen LogP contribution in [-0.2, 0) is 12.7 Å². The minimum atomic E-state index is -4.74. The monoisotopic (exact) mass is 536 g/mol. The van der Waals surface area contributed by atoms with Crippen molar-refractivity contribution in [2.24, 2.45) is 5.73 Å². The number of carbonyl (C=O) groups is 1. The molecule has 198 valence electrons. The highest BCUT2D eigenvalue weighted by Crippen LogP contribution is 2.37. The number of anilines is 4. The molecule has 0 fully saturated rings. The lowest BCUT2D eigenvalue weighted by molar-refractivity contribution is -0.137. The van der Waals surface area contributed by atoms with Crippen LogP contribution in [0.5, 0.6) is 0 Å². The minimum Gasteiger partial charge on any atom is -0.382 e. The van der Waals surface area contributed by atoms with Gasteiger partial charge in [0.2, 0.25) is 0 Å². The Morgan fingerprint density at radius 1 is 1.10 bits per heavy atom. The Morgan fingerprint density at radius 3 is 2.54 bits per heavy atom. The van der Waals surface area contributed by atoms with E-state index < -0.39 is 29.3 Å². The molecule has 3 aromatic heterocycles. The Balaban J connectivity index is 1.56. The minimum absolute atomic E-state index is 0.0623. The zero-order chi connectivity index (χ0) is 27.7. The van der Waals surface area contributed by atoms with Crippen molar-refractivity contribution in [3.05, 3.63) is 96.5 Å². The first kappa shape index (κ1) is 25.4. The first-order valence-corrected chi connectivity index (χ1v) is 11.4. The molecule has 9 nitrogen and oxygen atoms in total. The third-order valence-electron chi connectivity index (χ3n) is 5.97. The predicted molar refractivity (Wildman–Crippen MR) is 138 cm³/mol. The maximum Gasteiger partial charge on any atom is 0.416 e. The molecule has 2 amide bonds. The molecule has 39 heavy (non-hydrogen) atoms. The number of hydrogen-bond acceptors (Lipinski definition) is 6. The van der Waals surface area contributed by atoms with Crippen LogP contribution in [0.3, 0.4) is 0 Å². The number of rotatable bonds is 6. The summed E-state index contributed by atoms with van der Waals surface area (Å²) in [6.07, 6.45) is 1.69. The number of carbonyl (C=O) groups excluding carboxylic acids is 1. The highest BCUT2D eigenvalue weighted by molar-refractivity contribution is 5.99. The molecule has 5 N–H and O–H groups in total. The molecule has 0 saturated carbocycles. The summed E-state index contributed by atoms with van der Waals surface area (Å²) in [5.41, 5.74) is 13.4. The molecular formula is C26H20F4N8O. The number of nitrogens with two attached hydrogens (primary N) is 2. The Labute approximate surface area is 218 Å². The molecule has 13 heteroatoms. The number of fused-ring (bicyclic) bond motifs is 1. The molecule has 0 saturated heterocycles. The topological polar surface area (TPSA) is 127 Å². The van der Waals surface area contributed by atoms with Crippen molar-refractivity contribution < 1.29 is 22.4 Å². The molecule has 3 heterocycles. The number of urea groups is 1. The van der Waals surface area contributed by atoms with Crippen LogP contribution in [0.15, 0.2) is 79.5 Å². The highest BCUT2D eigenvalue weighted by Gasteiger charge is 2.32. The molecule has 5 aromatic rings. The van der Waals surface area contributed by atoms with E-state index in [9.17, 15) is 22.4 Å². The van der Waals surface area contributed by atoms with Gasteiger partial charge in [-0.3, -0.25) is 9.88 Å². The number of aromatic nitrogens is 4. The second kappa shape index (κ2) is 9.93. The predicted octanol–water partition coefficient (Wildman–Crippen LogP) is 5.36. The van der Waals surface area contributed by atoms with Crippen LogP contribution in [0, 0.1) is 5.82 Å². The SMILES string of the molecule is NC(=O)N(c1ccc(-c2c(CNc3cccnc3)cn3ncnc(N)c23)cc1)c1cc(C(F)(F)F)ccc1F. The summed E-state index contributed by atoms with van der Waals surface area (Å²) in [6.45, 7) is 0.369. The van der Waals surface area contributed by atoms with Crippen LogP contribution in [0.2, 0.25) is 0 Å². The quantitative estimate of drug-likeness (QED) is 0.251. The van der Waals surface area contributed by atoms with Crippen LogP contribution >= 0.6 is 0 Å². The summed E-state index contributed by atoms with van der Waals surface area (Å²) in [7, 11) is 0. The van der Waals surface area contributed by atoms with Crippen LogP contribution in [-0.4, -0.2) is 25.6 Å². The number of nitrogens with zero attached hydrogens (tertiary/aromatic N) is 5. The lowest BCUT2D eigenvalue weighted by Gasteiger charge is -2.22. The van der Waals surface area contributed by atoms with E-state index in [-0.39, 0.29) is 11.5 Å². The summed E-state index contributed by atoms with van der Waals surface area (Å²) in [5, 5.41) is 7.51. The van der Waals surface area contributed by atoms with Crippen LogP contribution in [0.25, 0.3) is 16.6 Å². The number of nitrogen functional groups attached to an aromatic ring is 1. The fourth-order valence-corrected chi connectivity index (χ4v) is 4.23. The van der Waals surface area contributed by atoms with Gasteiger partial charge in [0, 0.05) is 30.7 Å². The van der Waals surface area contributed by atoms with Gasteiger partial charge in [-0.05, 0) is 53.6 Å². The van der Waals surface area contributed by atoms with Crippen molar-refractivity contribution in [3.63, 3.8) is 0 Å². The maximum atomic E-state index is 14.6. The van der Waals surface area contributed by atoms with Crippen molar-refractivity contribution >= 4 is 34.4 Å². The Kier molecular flexibility index (Phi) is 6.48. The van der Waals surface area contributed by atoms with Crippen LogP contribution in [0.4, 0.5) is 45.2 Å². The van der Waals surface area contributed by atoms with E-state index in [4.69, 9.17) is 11.5 Å². The lowest BCUT2D eigenvalue weighted by Crippen LogP contribution is -2.32. The number of nitrogens with one attached hydrogen (secondary N) is 1. The lowest BCUT2D eigenvalue weighted by atomic mass is 10.0. The average Bonchev–Trinajstić information content (AvgIpc) is 3.29. The molecule has 0 unspecified atom stereocenters. The van der Waals surface area contributed by atoms with Crippen molar-refractivity contribution in [1.29, 1.82) is 0 Å². The van der Waals surface area contributed by atoms with Gasteiger partial charge in [0.15, 0.2) is 5.82 Å². The molecule has 0 aliphatic rings. The zero-order valence-electron chi connectivity index (χ0n) is 20.0. The van der Waals surface area contributed by atoms with Crippen molar-refractivity contribution in [3.8, 4) is 11.1 Å². The average molecular weight is 536 g/mol. The zero-order valence-corrected chi connectivity index (χ0v) is 20.0. The molecule has 0 radical (unpaired) electrons. The van der Waals surface area contributed by atoms with Gasteiger partial charge in [-0.1, -0.05) is 12.1 Å². The molecule has 0 aliphatic carbocycles. The maximum absolute atomic E-state index is 14.6. The summed E-state index contributed by atoms with van der Waals surface area (Å²) in [6, 6.07) is 10.4. The summed E-state index contributed by atoms with van der Waals surface area (Å²) in [5.74, 6) is -0.820. The van der Waals surface area contributed by atoms with Crippen molar-refractivity contribution in [2.75, 3.05) is 16.0 Å². The van der Waals surface area contributed by atoms with Gasteiger partial charge < -0.3 is 16.8 Å². The Bertz CT molecular complexity index is 1650. The van der Waals surface area contributed by atoms with E-state index in [1.165, 1.54) is 18.5 Å². The van der Waals surface area contributed by atoms with E-state index in [0.717, 1.165) is 11.3 Å². The molecular weight excluding hydrogens is 516 g/mol. The van der Waals surface area contributed by atoms with Crippen LogP contribution in [0.1, 0.15) is 11.1 Å². The number of amides is 2. The van der Waals surface area contributed by atoms with Crippen molar-refractivity contribution in [1.82, 2.24) is 19.6 Å². The third-order valence-corrected chi connectivity index (χ3v) is 5.97. The molecule has 0 spiro atoms. The van der Waals surface area contributed by atoms with Gasteiger partial charge in [-0.15, -0.1) is 0 Å². The molecule has 2 aromatic carbocycles. The summed E-state index contributed by atoms with van der Waals surface area (Å²) >= 11 is 0. The Hall–Kier alpha value is -5.20. The number of alkyl halides is 3. The molecule has 0 aliphatic heterocycles.